The average Bonchev–Trinajstić information content (AvgIpc) is 3.10. The van der Waals surface area contributed by atoms with E-state index >= 15 is 0 Å². The molecule has 0 aromatic carbocycles. The number of thioether (sulfide) groups is 1. The van der Waals surface area contributed by atoms with E-state index in [4.69, 9.17) is 4.42 Å². The molecule has 0 fully saturated rings. The van der Waals surface area contributed by atoms with Crippen LogP contribution in [-0.2, 0) is 12.0 Å². The van der Waals surface area contributed by atoms with E-state index in [9.17, 15) is 0 Å². The minimum Gasteiger partial charge on any atom is -0.443 e. The number of nitrogens with one attached hydrogen (secondary N) is 1. The average molecular weight is 335 g/mol. The van der Waals surface area contributed by atoms with Gasteiger partial charge in [0.15, 0.2) is 9.99 Å². The van der Waals surface area contributed by atoms with Crippen molar-refractivity contribution in [1.29, 1.82) is 0 Å². The summed E-state index contributed by atoms with van der Waals surface area (Å²) in [7, 11) is 0. The Kier molecular flexibility index (Phi) is 4.05. The quantitative estimate of drug-likeness (QED) is 0.728. The third-order valence-corrected chi connectivity index (χ3v) is 5.08. The maximum Gasteiger partial charge on any atom is 0.213 e. The van der Waals surface area contributed by atoms with E-state index in [1.54, 1.807) is 29.3 Å². The van der Waals surface area contributed by atoms with Gasteiger partial charge in [-0.05, 0) is 6.26 Å². The van der Waals surface area contributed by atoms with E-state index in [1.807, 2.05) is 6.26 Å². The predicted molar refractivity (Wildman–Crippen MR) is 89.5 cm³/mol. The summed E-state index contributed by atoms with van der Waals surface area (Å²) in [5.74, 6) is 2.28. The SMILES string of the molecule is CSc1nc2ncnc(NCc3ncc(C(C)(C)C)o3)c2s1. The summed E-state index contributed by atoms with van der Waals surface area (Å²) in [4.78, 5) is 17.2. The van der Waals surface area contributed by atoms with E-state index in [1.165, 1.54) is 6.33 Å². The molecule has 6 nitrogen and oxygen atoms in total. The van der Waals surface area contributed by atoms with Crippen LogP contribution < -0.4 is 5.32 Å². The highest BCUT2D eigenvalue weighted by Gasteiger charge is 2.19. The fourth-order valence-electron chi connectivity index (χ4n) is 1.85. The lowest BCUT2D eigenvalue weighted by Crippen LogP contribution is -2.09. The molecule has 0 bridgehead atoms. The Balaban J connectivity index is 1.79. The third-order valence-electron chi connectivity index (χ3n) is 3.05. The lowest BCUT2D eigenvalue weighted by Gasteiger charge is -2.13. The molecule has 1 N–H and O–H groups in total. The van der Waals surface area contributed by atoms with Crippen LogP contribution in [0.2, 0.25) is 0 Å². The normalized spacial score (nSPS) is 12.0. The standard InChI is InChI=1S/C14H17N5OS2/c1-14(2,3)8-5-15-9(20-8)6-16-11-10-12(18-7-17-11)19-13(21-4)22-10/h5,7H,6H2,1-4H3,(H,16,17,18). The largest absolute Gasteiger partial charge is 0.443 e. The fraction of sp³-hybridized carbons (Fsp3) is 0.429. The zero-order valence-electron chi connectivity index (χ0n) is 12.9. The first-order valence-electron chi connectivity index (χ1n) is 6.82. The van der Waals surface area contributed by atoms with Crippen LogP contribution in [0.15, 0.2) is 21.3 Å². The second kappa shape index (κ2) is 5.85. The molecule has 0 saturated heterocycles. The van der Waals surface area contributed by atoms with Gasteiger partial charge in [0, 0.05) is 5.41 Å². The summed E-state index contributed by atoms with van der Waals surface area (Å²) in [6, 6.07) is 0. The molecule has 3 aromatic rings. The van der Waals surface area contributed by atoms with Crippen LogP contribution >= 0.6 is 23.1 Å². The summed E-state index contributed by atoms with van der Waals surface area (Å²) in [5, 5.41) is 3.26. The van der Waals surface area contributed by atoms with Gasteiger partial charge in [-0.15, -0.1) is 11.3 Å². The highest BCUT2D eigenvalue weighted by molar-refractivity contribution is 8.00. The number of fused-ring (bicyclic) bond motifs is 1. The van der Waals surface area contributed by atoms with Gasteiger partial charge in [-0.3, -0.25) is 0 Å². The summed E-state index contributed by atoms with van der Waals surface area (Å²) in [6.07, 6.45) is 5.30. The van der Waals surface area contributed by atoms with Gasteiger partial charge in [0.05, 0.1) is 12.7 Å². The van der Waals surface area contributed by atoms with Crippen molar-refractivity contribution in [2.24, 2.45) is 0 Å². The monoisotopic (exact) mass is 335 g/mol. The topological polar surface area (TPSA) is 76.7 Å². The molecule has 3 heterocycles. The lowest BCUT2D eigenvalue weighted by atomic mass is 9.94. The number of rotatable bonds is 4. The highest BCUT2D eigenvalue weighted by atomic mass is 32.2. The number of hydrogen-bond acceptors (Lipinski definition) is 8. The van der Waals surface area contributed by atoms with Crippen molar-refractivity contribution >= 4 is 39.3 Å². The Morgan fingerprint density at radius 1 is 1.27 bits per heavy atom. The first-order valence-corrected chi connectivity index (χ1v) is 8.86. The number of aromatic nitrogens is 4. The van der Waals surface area contributed by atoms with Gasteiger partial charge in [0.25, 0.3) is 0 Å². The Morgan fingerprint density at radius 2 is 2.09 bits per heavy atom. The molecular weight excluding hydrogens is 318 g/mol. The zero-order chi connectivity index (χ0) is 15.7. The number of anilines is 1. The van der Waals surface area contributed by atoms with Crippen LogP contribution in [0, 0.1) is 0 Å². The van der Waals surface area contributed by atoms with Gasteiger partial charge in [-0.25, -0.2) is 19.9 Å². The molecule has 0 unspecified atom stereocenters. The molecule has 0 atom stereocenters. The van der Waals surface area contributed by atoms with Crippen LogP contribution in [0.3, 0.4) is 0 Å². The van der Waals surface area contributed by atoms with Crippen LogP contribution in [0.1, 0.15) is 32.4 Å². The molecule has 0 aliphatic carbocycles. The molecule has 0 spiro atoms. The van der Waals surface area contributed by atoms with Gasteiger partial charge in [0.1, 0.15) is 22.6 Å². The fourth-order valence-corrected chi connectivity index (χ4v) is 3.32. The van der Waals surface area contributed by atoms with Crippen LogP contribution in [0.4, 0.5) is 5.82 Å². The van der Waals surface area contributed by atoms with Crippen molar-refractivity contribution < 1.29 is 4.42 Å². The van der Waals surface area contributed by atoms with E-state index in [0.717, 1.165) is 26.3 Å². The number of thiazole rings is 1. The molecule has 0 saturated carbocycles. The lowest BCUT2D eigenvalue weighted by molar-refractivity contribution is 0.385. The number of hydrogen-bond donors (Lipinski definition) is 1. The Bertz CT molecular complexity index is 790. The number of nitrogens with zero attached hydrogens (tertiary/aromatic N) is 4. The van der Waals surface area contributed by atoms with Crippen LogP contribution in [-0.4, -0.2) is 26.2 Å². The second-order valence-electron chi connectivity index (χ2n) is 5.78. The molecule has 0 aliphatic heterocycles. The summed E-state index contributed by atoms with van der Waals surface area (Å²) in [6.45, 7) is 6.77. The van der Waals surface area contributed by atoms with E-state index in [-0.39, 0.29) is 5.41 Å². The number of oxazole rings is 1. The Labute approximate surface area is 136 Å². The van der Waals surface area contributed by atoms with Gasteiger partial charge >= 0.3 is 0 Å². The van der Waals surface area contributed by atoms with Crippen LogP contribution in [0.25, 0.3) is 10.3 Å². The molecule has 0 radical (unpaired) electrons. The van der Waals surface area contributed by atoms with Crippen molar-refractivity contribution in [2.75, 3.05) is 11.6 Å². The minimum atomic E-state index is -0.0433. The van der Waals surface area contributed by atoms with Crippen molar-refractivity contribution in [1.82, 2.24) is 19.9 Å². The molecule has 22 heavy (non-hydrogen) atoms. The second-order valence-corrected chi connectivity index (χ2v) is 7.83. The van der Waals surface area contributed by atoms with Gasteiger partial charge in [-0.2, -0.15) is 0 Å². The molecule has 3 rings (SSSR count). The minimum absolute atomic E-state index is 0.0433. The molecule has 8 heteroatoms. The first-order chi connectivity index (χ1) is 10.5. The highest BCUT2D eigenvalue weighted by Crippen LogP contribution is 2.31. The Hall–Kier alpha value is -1.67. The van der Waals surface area contributed by atoms with Gasteiger partial charge in [0.2, 0.25) is 5.89 Å². The van der Waals surface area contributed by atoms with Crippen LogP contribution in [0.5, 0.6) is 0 Å². The van der Waals surface area contributed by atoms with E-state index in [2.05, 4.69) is 46.0 Å². The predicted octanol–water partition coefficient (Wildman–Crippen LogP) is 3.71. The smallest absolute Gasteiger partial charge is 0.213 e. The Morgan fingerprint density at radius 3 is 2.77 bits per heavy atom. The summed E-state index contributed by atoms with van der Waals surface area (Å²) < 4.78 is 7.70. The molecular formula is C14H17N5OS2. The molecule has 116 valence electrons. The molecule has 3 aromatic heterocycles. The van der Waals surface area contributed by atoms with Gasteiger partial charge in [-0.1, -0.05) is 32.5 Å². The van der Waals surface area contributed by atoms with Crippen molar-refractivity contribution in [3.63, 3.8) is 0 Å². The molecule has 0 aliphatic rings. The zero-order valence-corrected chi connectivity index (χ0v) is 14.5. The maximum atomic E-state index is 5.77. The first kappa shape index (κ1) is 15.2. The van der Waals surface area contributed by atoms with Crippen molar-refractivity contribution in [3.8, 4) is 0 Å². The summed E-state index contributed by atoms with van der Waals surface area (Å²) >= 11 is 3.19. The van der Waals surface area contributed by atoms with E-state index in [0.29, 0.717) is 12.4 Å². The van der Waals surface area contributed by atoms with E-state index < -0.39 is 0 Å². The van der Waals surface area contributed by atoms with Gasteiger partial charge < -0.3 is 9.73 Å². The van der Waals surface area contributed by atoms with Crippen molar-refractivity contribution in [2.45, 2.75) is 37.1 Å². The molecule has 0 amide bonds. The summed E-state index contributed by atoms with van der Waals surface area (Å²) in [5.41, 5.74) is 0.674. The maximum absolute atomic E-state index is 5.77. The third kappa shape index (κ3) is 3.07. The van der Waals surface area contributed by atoms with Crippen molar-refractivity contribution in [3.05, 3.63) is 24.2 Å².